The lowest BCUT2D eigenvalue weighted by Crippen LogP contribution is -2.46. The van der Waals surface area contributed by atoms with E-state index >= 15 is 0 Å². The lowest BCUT2D eigenvalue weighted by Gasteiger charge is -2.32. The van der Waals surface area contributed by atoms with Crippen molar-refractivity contribution in [1.82, 2.24) is 10.2 Å². The molecule has 0 saturated carbocycles. The minimum Gasteiger partial charge on any atom is -0.352 e. The Labute approximate surface area is 204 Å². The molecule has 1 heterocycles. The van der Waals surface area contributed by atoms with Gasteiger partial charge in [0.05, 0.1) is 5.92 Å². The summed E-state index contributed by atoms with van der Waals surface area (Å²) in [4.78, 5) is 39.3. The summed E-state index contributed by atoms with van der Waals surface area (Å²) < 4.78 is 0. The second kappa shape index (κ2) is 11.7. The molecule has 1 atom stereocenters. The monoisotopic (exact) mass is 471 g/mol. The summed E-state index contributed by atoms with van der Waals surface area (Å²) in [5.74, 6) is -0.342. The fourth-order valence-electron chi connectivity index (χ4n) is 4.01. The molecule has 0 bridgehead atoms. The molecule has 4 rings (SSSR count). The zero-order valence-corrected chi connectivity index (χ0v) is 19.4. The first-order valence-corrected chi connectivity index (χ1v) is 11.7. The molecule has 35 heavy (non-hydrogen) atoms. The van der Waals surface area contributed by atoms with Crippen molar-refractivity contribution in [2.75, 3.05) is 29.0 Å². The van der Waals surface area contributed by atoms with Crippen LogP contribution in [0.3, 0.4) is 0 Å². The number of amides is 5. The number of benzene rings is 3. The van der Waals surface area contributed by atoms with Crippen LogP contribution in [0.2, 0.25) is 0 Å². The highest BCUT2D eigenvalue weighted by molar-refractivity contribution is 5.99. The number of likely N-dealkylation sites (tertiary alicyclic amines) is 1. The topological polar surface area (TPSA) is 103 Å². The molecule has 0 spiro atoms. The zero-order valence-electron chi connectivity index (χ0n) is 19.4. The molecule has 1 unspecified atom stereocenters. The van der Waals surface area contributed by atoms with E-state index in [1.165, 1.54) is 0 Å². The first-order chi connectivity index (χ1) is 17.1. The van der Waals surface area contributed by atoms with Gasteiger partial charge >= 0.3 is 12.1 Å². The molecule has 5 amide bonds. The highest BCUT2D eigenvalue weighted by atomic mass is 16.2. The largest absolute Gasteiger partial charge is 0.352 e. The molecule has 1 fully saturated rings. The van der Waals surface area contributed by atoms with E-state index in [0.717, 1.165) is 24.1 Å². The van der Waals surface area contributed by atoms with Gasteiger partial charge in [-0.1, -0.05) is 48.5 Å². The number of hydrogen-bond acceptors (Lipinski definition) is 3. The minimum atomic E-state index is -0.339. The summed E-state index contributed by atoms with van der Waals surface area (Å²) in [5, 5.41) is 11.4. The van der Waals surface area contributed by atoms with Crippen LogP contribution in [0.5, 0.6) is 0 Å². The van der Waals surface area contributed by atoms with E-state index in [1.54, 1.807) is 11.0 Å². The lowest BCUT2D eigenvalue weighted by molar-refractivity contribution is -0.126. The molecule has 0 radical (unpaired) electrons. The van der Waals surface area contributed by atoms with Crippen LogP contribution in [0.25, 0.3) is 0 Å². The van der Waals surface area contributed by atoms with Crippen LogP contribution < -0.4 is 21.3 Å². The number of rotatable bonds is 6. The van der Waals surface area contributed by atoms with E-state index in [9.17, 15) is 14.4 Å². The van der Waals surface area contributed by atoms with E-state index in [0.29, 0.717) is 31.0 Å². The number of carbonyl (C=O) groups is 3. The molecule has 0 aliphatic carbocycles. The van der Waals surface area contributed by atoms with Crippen molar-refractivity contribution in [3.05, 3.63) is 90.5 Å². The lowest BCUT2D eigenvalue weighted by atomic mass is 9.97. The van der Waals surface area contributed by atoms with Crippen LogP contribution in [0.1, 0.15) is 18.4 Å². The van der Waals surface area contributed by atoms with E-state index < -0.39 is 0 Å². The Balaban J connectivity index is 1.26. The summed E-state index contributed by atoms with van der Waals surface area (Å²) in [6, 6.07) is 25.3. The van der Waals surface area contributed by atoms with Gasteiger partial charge in [-0.05, 0) is 54.8 Å². The van der Waals surface area contributed by atoms with Gasteiger partial charge in [0.15, 0.2) is 0 Å². The number of anilines is 3. The van der Waals surface area contributed by atoms with Gasteiger partial charge in [0, 0.05) is 36.7 Å². The van der Waals surface area contributed by atoms with Crippen molar-refractivity contribution in [3.8, 4) is 0 Å². The van der Waals surface area contributed by atoms with E-state index in [2.05, 4.69) is 21.3 Å². The van der Waals surface area contributed by atoms with Crippen LogP contribution in [0, 0.1) is 5.92 Å². The Morgan fingerprint density at radius 3 is 2.11 bits per heavy atom. The maximum atomic E-state index is 12.8. The molecule has 180 valence electrons. The van der Waals surface area contributed by atoms with Crippen molar-refractivity contribution in [1.29, 1.82) is 0 Å². The van der Waals surface area contributed by atoms with Crippen molar-refractivity contribution in [3.63, 3.8) is 0 Å². The highest BCUT2D eigenvalue weighted by Gasteiger charge is 2.28. The molecule has 1 aliphatic rings. The van der Waals surface area contributed by atoms with Crippen molar-refractivity contribution < 1.29 is 14.4 Å². The summed E-state index contributed by atoms with van der Waals surface area (Å²) in [5.41, 5.74) is 2.93. The Hall–Kier alpha value is -4.33. The van der Waals surface area contributed by atoms with Gasteiger partial charge in [-0.3, -0.25) is 4.79 Å². The molecular weight excluding hydrogens is 442 g/mol. The Bertz CT molecular complexity index is 1150. The van der Waals surface area contributed by atoms with E-state index in [1.807, 2.05) is 78.9 Å². The number of hydrogen-bond donors (Lipinski definition) is 4. The maximum Gasteiger partial charge on any atom is 0.323 e. The Morgan fingerprint density at radius 2 is 1.40 bits per heavy atom. The van der Waals surface area contributed by atoms with Gasteiger partial charge in [-0.15, -0.1) is 0 Å². The number of nitrogens with zero attached hydrogens (tertiary/aromatic N) is 1. The van der Waals surface area contributed by atoms with Gasteiger partial charge in [-0.25, -0.2) is 9.59 Å². The zero-order chi connectivity index (χ0) is 24.5. The minimum absolute atomic E-state index is 0.0811. The number of carbonyl (C=O) groups excluding carboxylic acids is 3. The quantitative estimate of drug-likeness (QED) is 0.412. The molecule has 3 aromatic carbocycles. The van der Waals surface area contributed by atoms with Crippen LogP contribution in [-0.4, -0.2) is 36.0 Å². The molecule has 4 N–H and O–H groups in total. The molecule has 3 aromatic rings. The Morgan fingerprint density at radius 1 is 0.771 bits per heavy atom. The van der Waals surface area contributed by atoms with Crippen molar-refractivity contribution in [2.45, 2.75) is 19.4 Å². The molecule has 1 saturated heterocycles. The average Bonchev–Trinajstić information content (AvgIpc) is 2.88. The van der Waals surface area contributed by atoms with E-state index in [-0.39, 0.29) is 23.9 Å². The van der Waals surface area contributed by atoms with Crippen LogP contribution in [0.15, 0.2) is 84.9 Å². The van der Waals surface area contributed by atoms with Crippen molar-refractivity contribution >= 4 is 35.0 Å². The standard InChI is InChI=1S/C27H29N5O3/c33-25(21-10-8-16-32(19-21)27(35)31-23-13-5-2-6-14-23)28-18-20-9-7-15-24(17-20)30-26(34)29-22-11-3-1-4-12-22/h1-7,9,11-15,17,21H,8,10,16,18-19H2,(H,28,33)(H,31,35)(H2,29,30,34). The van der Waals surface area contributed by atoms with Gasteiger partial charge in [0.1, 0.15) is 0 Å². The summed E-state index contributed by atoms with van der Waals surface area (Å²) in [6.07, 6.45) is 1.51. The smallest absolute Gasteiger partial charge is 0.323 e. The second-order valence-corrected chi connectivity index (χ2v) is 8.44. The fourth-order valence-corrected chi connectivity index (χ4v) is 4.01. The third kappa shape index (κ3) is 7.07. The SMILES string of the molecule is O=C(Nc1ccccc1)Nc1cccc(CNC(=O)C2CCCN(C(=O)Nc3ccccc3)C2)c1. The summed E-state index contributed by atoms with van der Waals surface area (Å²) in [6.45, 7) is 1.34. The number of para-hydroxylation sites is 2. The number of nitrogens with one attached hydrogen (secondary N) is 4. The summed E-state index contributed by atoms with van der Waals surface area (Å²) in [7, 11) is 0. The first kappa shape index (κ1) is 23.8. The fraction of sp³-hybridized carbons (Fsp3) is 0.222. The van der Waals surface area contributed by atoms with Crippen LogP contribution >= 0.6 is 0 Å². The maximum absolute atomic E-state index is 12.8. The van der Waals surface area contributed by atoms with Crippen LogP contribution in [-0.2, 0) is 11.3 Å². The van der Waals surface area contributed by atoms with Crippen LogP contribution in [0.4, 0.5) is 26.7 Å². The van der Waals surface area contributed by atoms with Crippen molar-refractivity contribution in [2.24, 2.45) is 5.92 Å². The molecular formula is C27H29N5O3. The number of piperidine rings is 1. The second-order valence-electron chi connectivity index (χ2n) is 8.44. The highest BCUT2D eigenvalue weighted by Crippen LogP contribution is 2.19. The molecule has 1 aliphatic heterocycles. The normalized spacial score (nSPS) is 15.1. The predicted molar refractivity (Wildman–Crippen MR) is 137 cm³/mol. The number of urea groups is 2. The predicted octanol–water partition coefficient (Wildman–Crippen LogP) is 4.89. The van der Waals surface area contributed by atoms with E-state index in [4.69, 9.17) is 0 Å². The van der Waals surface area contributed by atoms with Gasteiger partial charge < -0.3 is 26.2 Å². The molecule has 8 nitrogen and oxygen atoms in total. The van der Waals surface area contributed by atoms with Gasteiger partial charge in [-0.2, -0.15) is 0 Å². The molecule has 8 heteroatoms. The average molecular weight is 472 g/mol. The van der Waals surface area contributed by atoms with Gasteiger partial charge in [0.2, 0.25) is 5.91 Å². The third-order valence-electron chi connectivity index (χ3n) is 5.79. The molecule has 0 aromatic heterocycles. The Kier molecular flexibility index (Phi) is 7.96. The summed E-state index contributed by atoms with van der Waals surface area (Å²) >= 11 is 0. The third-order valence-corrected chi connectivity index (χ3v) is 5.79. The first-order valence-electron chi connectivity index (χ1n) is 11.7. The van der Waals surface area contributed by atoms with Gasteiger partial charge in [0.25, 0.3) is 0 Å².